The maximum Gasteiger partial charge on any atom is 0.159 e. The van der Waals surface area contributed by atoms with Crippen molar-refractivity contribution in [2.75, 3.05) is 0 Å². The van der Waals surface area contributed by atoms with Crippen LogP contribution in [0.15, 0.2) is 23.8 Å². The van der Waals surface area contributed by atoms with Gasteiger partial charge in [0.25, 0.3) is 0 Å². The lowest BCUT2D eigenvalue weighted by Gasteiger charge is -2.17. The number of allylic oxidation sites excluding steroid dienone is 3. The molecular formula is C12H20OSi. The lowest BCUT2D eigenvalue weighted by Crippen LogP contribution is -2.20. The molecule has 1 aliphatic carbocycles. The third kappa shape index (κ3) is 3.62. The SMILES string of the molecule is C=C(CC1=CCCC1=O)C[Si](C)(C)C. The Balaban J connectivity index is 2.45. The summed E-state index contributed by atoms with van der Waals surface area (Å²) in [5, 5.41) is 0. The maximum absolute atomic E-state index is 11.4. The quantitative estimate of drug-likeness (QED) is 0.510. The first-order chi connectivity index (χ1) is 6.38. The van der Waals surface area contributed by atoms with E-state index in [4.69, 9.17) is 0 Å². The third-order valence-corrected chi connectivity index (χ3v) is 3.90. The topological polar surface area (TPSA) is 17.1 Å². The Morgan fingerprint density at radius 3 is 2.57 bits per heavy atom. The van der Waals surface area contributed by atoms with E-state index in [9.17, 15) is 4.79 Å². The van der Waals surface area contributed by atoms with Crippen molar-refractivity contribution in [2.24, 2.45) is 0 Å². The van der Waals surface area contributed by atoms with E-state index in [1.165, 1.54) is 5.57 Å². The zero-order valence-corrected chi connectivity index (χ0v) is 10.5. The van der Waals surface area contributed by atoms with Gasteiger partial charge in [-0.1, -0.05) is 37.9 Å². The molecule has 0 amide bonds. The number of hydrogen-bond acceptors (Lipinski definition) is 1. The van der Waals surface area contributed by atoms with Gasteiger partial charge >= 0.3 is 0 Å². The van der Waals surface area contributed by atoms with E-state index in [0.29, 0.717) is 5.78 Å². The molecule has 78 valence electrons. The van der Waals surface area contributed by atoms with Gasteiger partial charge in [-0.2, -0.15) is 0 Å². The van der Waals surface area contributed by atoms with Gasteiger partial charge in [-0.05, 0) is 24.5 Å². The smallest absolute Gasteiger partial charge is 0.159 e. The Labute approximate surface area is 87.9 Å². The number of hydrogen-bond donors (Lipinski definition) is 0. The molecule has 0 saturated heterocycles. The molecule has 1 nitrogen and oxygen atoms in total. The van der Waals surface area contributed by atoms with Crippen LogP contribution in [0.2, 0.25) is 25.7 Å². The first-order valence-corrected chi connectivity index (χ1v) is 8.98. The molecule has 0 unspecified atom stereocenters. The molecule has 0 N–H and O–H groups in total. The van der Waals surface area contributed by atoms with E-state index >= 15 is 0 Å². The molecule has 0 aromatic heterocycles. The molecule has 0 saturated carbocycles. The molecule has 2 heteroatoms. The summed E-state index contributed by atoms with van der Waals surface area (Å²) in [4.78, 5) is 11.4. The van der Waals surface area contributed by atoms with Crippen molar-refractivity contribution in [3.63, 3.8) is 0 Å². The number of carbonyl (C=O) groups excluding carboxylic acids is 1. The van der Waals surface area contributed by atoms with Gasteiger partial charge in [0, 0.05) is 14.5 Å². The molecule has 0 atom stereocenters. The summed E-state index contributed by atoms with van der Waals surface area (Å²) < 4.78 is 0. The Morgan fingerprint density at radius 1 is 1.50 bits per heavy atom. The fraction of sp³-hybridized carbons (Fsp3) is 0.583. The van der Waals surface area contributed by atoms with Crippen molar-refractivity contribution in [1.82, 2.24) is 0 Å². The molecule has 0 bridgehead atoms. The predicted octanol–water partition coefficient (Wildman–Crippen LogP) is 3.56. The first-order valence-electron chi connectivity index (χ1n) is 5.27. The average Bonchev–Trinajstić information content (AvgIpc) is 2.32. The van der Waals surface area contributed by atoms with Crippen molar-refractivity contribution in [2.45, 2.75) is 44.9 Å². The Morgan fingerprint density at radius 2 is 2.14 bits per heavy atom. The van der Waals surface area contributed by atoms with Gasteiger partial charge in [0.2, 0.25) is 0 Å². The van der Waals surface area contributed by atoms with E-state index in [-0.39, 0.29) is 0 Å². The van der Waals surface area contributed by atoms with E-state index in [0.717, 1.165) is 30.9 Å². The largest absolute Gasteiger partial charge is 0.295 e. The van der Waals surface area contributed by atoms with Crippen LogP contribution in [-0.4, -0.2) is 13.9 Å². The fourth-order valence-corrected chi connectivity index (χ4v) is 3.53. The van der Waals surface area contributed by atoms with Crippen LogP contribution in [0, 0.1) is 0 Å². The molecule has 14 heavy (non-hydrogen) atoms. The summed E-state index contributed by atoms with van der Waals surface area (Å²) in [5.74, 6) is 0.335. The van der Waals surface area contributed by atoms with Gasteiger partial charge in [-0.15, -0.1) is 0 Å². The van der Waals surface area contributed by atoms with Gasteiger partial charge in [0.1, 0.15) is 0 Å². The normalized spacial score (nSPS) is 17.1. The summed E-state index contributed by atoms with van der Waals surface area (Å²) in [5.41, 5.74) is 2.25. The third-order valence-electron chi connectivity index (χ3n) is 2.34. The molecular weight excluding hydrogens is 188 g/mol. The van der Waals surface area contributed by atoms with Gasteiger partial charge in [-0.25, -0.2) is 0 Å². The summed E-state index contributed by atoms with van der Waals surface area (Å²) in [6.07, 6.45) is 4.56. The number of rotatable bonds is 4. The Hall–Kier alpha value is -0.633. The summed E-state index contributed by atoms with van der Waals surface area (Å²) >= 11 is 0. The fourth-order valence-electron chi connectivity index (χ4n) is 1.90. The van der Waals surface area contributed by atoms with Crippen LogP contribution in [0.1, 0.15) is 19.3 Å². The lowest BCUT2D eigenvalue weighted by molar-refractivity contribution is -0.115. The van der Waals surface area contributed by atoms with Crippen molar-refractivity contribution in [1.29, 1.82) is 0 Å². The molecule has 0 aromatic rings. The maximum atomic E-state index is 11.4. The van der Waals surface area contributed by atoms with Crippen molar-refractivity contribution >= 4 is 13.9 Å². The predicted molar refractivity (Wildman–Crippen MR) is 64.2 cm³/mol. The molecule has 0 radical (unpaired) electrons. The van der Waals surface area contributed by atoms with Crippen LogP contribution in [0.25, 0.3) is 0 Å². The minimum Gasteiger partial charge on any atom is -0.295 e. The number of ketones is 1. The van der Waals surface area contributed by atoms with Crippen molar-refractivity contribution < 1.29 is 4.79 Å². The van der Waals surface area contributed by atoms with Gasteiger partial charge in [-0.3, -0.25) is 4.79 Å². The summed E-state index contributed by atoms with van der Waals surface area (Å²) in [6.45, 7) is 11.1. The van der Waals surface area contributed by atoms with Crippen LogP contribution >= 0.6 is 0 Å². The second-order valence-corrected chi connectivity index (χ2v) is 10.8. The second kappa shape index (κ2) is 4.26. The monoisotopic (exact) mass is 208 g/mol. The average molecular weight is 208 g/mol. The second-order valence-electron chi connectivity index (χ2n) is 5.36. The molecule has 0 heterocycles. The number of Topliss-reactive ketones (excluding diaryl/α,β-unsaturated/α-hetero) is 1. The van der Waals surface area contributed by atoms with Crippen LogP contribution in [-0.2, 0) is 4.79 Å². The highest BCUT2D eigenvalue weighted by molar-refractivity contribution is 6.76. The zero-order valence-electron chi connectivity index (χ0n) is 9.52. The summed E-state index contributed by atoms with van der Waals surface area (Å²) in [6, 6.07) is 1.14. The van der Waals surface area contributed by atoms with E-state index in [1.54, 1.807) is 0 Å². The van der Waals surface area contributed by atoms with Gasteiger partial charge in [0.15, 0.2) is 5.78 Å². The molecule has 0 aliphatic heterocycles. The summed E-state index contributed by atoms with van der Waals surface area (Å²) in [7, 11) is -1.05. The van der Waals surface area contributed by atoms with Crippen molar-refractivity contribution in [3.05, 3.63) is 23.8 Å². The molecule has 0 aromatic carbocycles. The van der Waals surface area contributed by atoms with E-state index in [1.807, 2.05) is 0 Å². The Bertz CT molecular complexity index is 281. The van der Waals surface area contributed by atoms with Crippen LogP contribution in [0.3, 0.4) is 0 Å². The zero-order chi connectivity index (χ0) is 10.8. The minimum atomic E-state index is -1.05. The number of carbonyl (C=O) groups is 1. The van der Waals surface area contributed by atoms with Crippen LogP contribution in [0.4, 0.5) is 0 Å². The lowest BCUT2D eigenvalue weighted by atomic mass is 10.1. The van der Waals surface area contributed by atoms with Crippen molar-refractivity contribution in [3.8, 4) is 0 Å². The molecule has 1 aliphatic rings. The highest BCUT2D eigenvalue weighted by Gasteiger charge is 2.19. The molecule has 0 spiro atoms. The Kier molecular flexibility index (Phi) is 3.48. The van der Waals surface area contributed by atoms with Gasteiger partial charge < -0.3 is 0 Å². The van der Waals surface area contributed by atoms with E-state index < -0.39 is 8.07 Å². The molecule has 0 fully saturated rings. The standard InChI is InChI=1S/C12H20OSi/c1-10(9-14(2,3)4)8-11-6-5-7-12(11)13/h6H,1,5,7-9H2,2-4H3. The highest BCUT2D eigenvalue weighted by atomic mass is 28.3. The highest BCUT2D eigenvalue weighted by Crippen LogP contribution is 2.25. The van der Waals surface area contributed by atoms with Gasteiger partial charge in [0.05, 0.1) is 0 Å². The van der Waals surface area contributed by atoms with Crippen LogP contribution < -0.4 is 0 Å². The van der Waals surface area contributed by atoms with E-state index in [2.05, 4.69) is 32.3 Å². The molecule has 1 rings (SSSR count). The first kappa shape index (κ1) is 11.4. The van der Waals surface area contributed by atoms with Crippen LogP contribution in [0.5, 0.6) is 0 Å². The minimum absolute atomic E-state index is 0.335.